The van der Waals surface area contributed by atoms with Crippen molar-refractivity contribution >= 4 is 23.5 Å². The summed E-state index contributed by atoms with van der Waals surface area (Å²) in [4.78, 5) is 21.5. The van der Waals surface area contributed by atoms with E-state index < -0.39 is 17.8 Å². The maximum absolute atomic E-state index is 13.1. The third kappa shape index (κ3) is 3.10. The molecule has 0 saturated carbocycles. The van der Waals surface area contributed by atoms with Crippen LogP contribution in [0.4, 0.5) is 9.18 Å². The summed E-state index contributed by atoms with van der Waals surface area (Å²) in [5, 5.41) is 0.209. The summed E-state index contributed by atoms with van der Waals surface area (Å²) in [7, 11) is 0. The van der Waals surface area contributed by atoms with E-state index in [1.165, 1.54) is 6.07 Å². The van der Waals surface area contributed by atoms with E-state index in [1.807, 2.05) is 10.9 Å². The molecule has 15 heavy (non-hydrogen) atoms. The molecule has 3 amide bonds. The van der Waals surface area contributed by atoms with Crippen molar-refractivity contribution in [3.05, 3.63) is 34.6 Å². The summed E-state index contributed by atoms with van der Waals surface area (Å²) in [6.45, 7) is 0. The molecule has 80 valence electrons. The van der Waals surface area contributed by atoms with Crippen LogP contribution in [0.3, 0.4) is 0 Å². The SMILES string of the molecule is NC(=O)NNC(=O)c1cc(Cl)ccc1F. The van der Waals surface area contributed by atoms with Crippen molar-refractivity contribution < 1.29 is 14.0 Å². The Morgan fingerprint density at radius 2 is 2.00 bits per heavy atom. The Kier molecular flexibility index (Phi) is 3.46. The summed E-state index contributed by atoms with van der Waals surface area (Å²) in [5.41, 5.74) is 8.15. The predicted octanol–water partition coefficient (Wildman–Crippen LogP) is 0.792. The zero-order chi connectivity index (χ0) is 11.4. The van der Waals surface area contributed by atoms with Crippen LogP contribution in [-0.2, 0) is 0 Å². The monoisotopic (exact) mass is 231 g/mol. The number of amides is 3. The van der Waals surface area contributed by atoms with Crippen LogP contribution in [0, 0.1) is 5.82 Å². The first-order valence-electron chi connectivity index (χ1n) is 3.81. The number of benzene rings is 1. The first-order valence-corrected chi connectivity index (χ1v) is 4.19. The highest BCUT2D eigenvalue weighted by atomic mass is 35.5. The van der Waals surface area contributed by atoms with E-state index in [0.29, 0.717) is 0 Å². The van der Waals surface area contributed by atoms with Crippen LogP contribution in [0.1, 0.15) is 10.4 Å². The number of hydrogen-bond acceptors (Lipinski definition) is 2. The second-order valence-electron chi connectivity index (χ2n) is 2.57. The Labute approximate surface area is 89.4 Å². The molecule has 0 atom stereocenters. The Hall–Kier alpha value is -1.82. The van der Waals surface area contributed by atoms with E-state index >= 15 is 0 Å². The second-order valence-corrected chi connectivity index (χ2v) is 3.00. The molecule has 0 aliphatic carbocycles. The van der Waals surface area contributed by atoms with Gasteiger partial charge in [-0.2, -0.15) is 0 Å². The fourth-order valence-corrected chi connectivity index (χ4v) is 1.03. The zero-order valence-electron chi connectivity index (χ0n) is 7.38. The van der Waals surface area contributed by atoms with Crippen LogP contribution in [0.25, 0.3) is 0 Å². The second kappa shape index (κ2) is 4.61. The molecule has 0 saturated heterocycles. The van der Waals surface area contributed by atoms with E-state index in [-0.39, 0.29) is 10.6 Å². The standard InChI is InChI=1S/C8H7ClFN3O2/c9-4-1-2-6(10)5(3-4)7(14)12-13-8(11)15/h1-3H,(H,12,14)(H3,11,13,15). The molecule has 0 aromatic heterocycles. The van der Waals surface area contributed by atoms with Crippen molar-refractivity contribution in [1.29, 1.82) is 0 Å². The summed E-state index contributed by atoms with van der Waals surface area (Å²) < 4.78 is 13.1. The Morgan fingerprint density at radius 1 is 1.33 bits per heavy atom. The number of primary amides is 1. The minimum Gasteiger partial charge on any atom is -0.350 e. The highest BCUT2D eigenvalue weighted by molar-refractivity contribution is 6.31. The lowest BCUT2D eigenvalue weighted by Gasteiger charge is -2.05. The van der Waals surface area contributed by atoms with Gasteiger partial charge in [-0.25, -0.2) is 14.6 Å². The van der Waals surface area contributed by atoms with Crippen LogP contribution in [0.15, 0.2) is 18.2 Å². The van der Waals surface area contributed by atoms with Gasteiger partial charge in [-0.1, -0.05) is 11.6 Å². The molecule has 0 aliphatic heterocycles. The molecule has 1 aromatic rings. The maximum atomic E-state index is 13.1. The Bertz CT molecular complexity index is 411. The van der Waals surface area contributed by atoms with Crippen molar-refractivity contribution in [3.63, 3.8) is 0 Å². The van der Waals surface area contributed by atoms with E-state index in [4.69, 9.17) is 17.3 Å². The van der Waals surface area contributed by atoms with E-state index in [2.05, 4.69) is 0 Å². The van der Waals surface area contributed by atoms with E-state index in [0.717, 1.165) is 12.1 Å². The minimum absolute atomic E-state index is 0.209. The number of nitrogens with two attached hydrogens (primary N) is 1. The van der Waals surface area contributed by atoms with Gasteiger partial charge in [0, 0.05) is 5.02 Å². The molecule has 0 unspecified atom stereocenters. The maximum Gasteiger partial charge on any atom is 0.330 e. The number of halogens is 2. The molecule has 1 aromatic carbocycles. The number of carbonyl (C=O) groups excluding carboxylic acids is 2. The average molecular weight is 232 g/mol. The van der Waals surface area contributed by atoms with Crippen LogP contribution in [0.5, 0.6) is 0 Å². The fraction of sp³-hybridized carbons (Fsp3) is 0. The molecular weight excluding hydrogens is 225 g/mol. The minimum atomic E-state index is -0.953. The van der Waals surface area contributed by atoms with Gasteiger partial charge in [0.15, 0.2) is 0 Å². The molecule has 5 nitrogen and oxygen atoms in total. The third-order valence-electron chi connectivity index (χ3n) is 1.47. The van der Waals surface area contributed by atoms with Gasteiger partial charge in [-0.3, -0.25) is 10.2 Å². The van der Waals surface area contributed by atoms with Crippen molar-refractivity contribution in [1.82, 2.24) is 10.9 Å². The zero-order valence-corrected chi connectivity index (χ0v) is 8.14. The van der Waals surface area contributed by atoms with Gasteiger partial charge in [-0.05, 0) is 18.2 Å². The highest BCUT2D eigenvalue weighted by Crippen LogP contribution is 2.14. The van der Waals surface area contributed by atoms with Gasteiger partial charge < -0.3 is 5.73 Å². The summed E-state index contributed by atoms with van der Waals surface area (Å²) in [6.07, 6.45) is 0. The van der Waals surface area contributed by atoms with Crippen LogP contribution < -0.4 is 16.6 Å². The predicted molar refractivity (Wildman–Crippen MR) is 51.6 cm³/mol. The van der Waals surface area contributed by atoms with E-state index in [9.17, 15) is 14.0 Å². The lowest BCUT2D eigenvalue weighted by Crippen LogP contribution is -2.44. The molecule has 0 bridgehead atoms. The largest absolute Gasteiger partial charge is 0.350 e. The molecule has 1 rings (SSSR count). The first-order chi connectivity index (χ1) is 7.00. The average Bonchev–Trinajstić information content (AvgIpc) is 2.18. The number of rotatable bonds is 1. The lowest BCUT2D eigenvalue weighted by atomic mass is 10.2. The molecule has 0 aliphatic rings. The molecule has 0 radical (unpaired) electrons. The van der Waals surface area contributed by atoms with Gasteiger partial charge in [0.05, 0.1) is 5.56 Å². The highest BCUT2D eigenvalue weighted by Gasteiger charge is 2.12. The lowest BCUT2D eigenvalue weighted by molar-refractivity contribution is 0.0933. The summed E-state index contributed by atoms with van der Waals surface area (Å²) in [5.74, 6) is -1.59. The fourth-order valence-electron chi connectivity index (χ4n) is 0.857. The van der Waals surface area contributed by atoms with Crippen LogP contribution in [0.2, 0.25) is 5.02 Å². The van der Waals surface area contributed by atoms with Gasteiger partial charge in [0.25, 0.3) is 5.91 Å². The molecule has 0 heterocycles. The Balaban J connectivity index is 2.81. The molecular formula is C8H7ClFN3O2. The summed E-state index contributed by atoms with van der Waals surface area (Å²) in [6, 6.07) is 2.52. The van der Waals surface area contributed by atoms with Crippen LogP contribution >= 0.6 is 11.6 Å². The van der Waals surface area contributed by atoms with Crippen molar-refractivity contribution in [2.45, 2.75) is 0 Å². The van der Waals surface area contributed by atoms with Crippen LogP contribution in [-0.4, -0.2) is 11.9 Å². The quantitative estimate of drug-likeness (QED) is 0.625. The van der Waals surface area contributed by atoms with Gasteiger partial charge >= 0.3 is 6.03 Å². The van der Waals surface area contributed by atoms with Crippen molar-refractivity contribution in [2.75, 3.05) is 0 Å². The molecule has 0 fully saturated rings. The van der Waals surface area contributed by atoms with Crippen molar-refractivity contribution in [2.24, 2.45) is 5.73 Å². The molecule has 0 spiro atoms. The van der Waals surface area contributed by atoms with E-state index in [1.54, 1.807) is 0 Å². The normalized spacial score (nSPS) is 9.47. The smallest absolute Gasteiger partial charge is 0.330 e. The number of hydrogen-bond donors (Lipinski definition) is 3. The molecule has 7 heteroatoms. The number of nitrogens with one attached hydrogen (secondary N) is 2. The number of urea groups is 1. The number of hydrazine groups is 1. The topological polar surface area (TPSA) is 84.2 Å². The Morgan fingerprint density at radius 3 is 2.60 bits per heavy atom. The summed E-state index contributed by atoms with van der Waals surface area (Å²) >= 11 is 5.56. The van der Waals surface area contributed by atoms with Gasteiger partial charge in [-0.15, -0.1) is 0 Å². The molecule has 4 N–H and O–H groups in total. The third-order valence-corrected chi connectivity index (χ3v) is 1.71. The number of carbonyl (C=O) groups is 2. The van der Waals surface area contributed by atoms with Crippen molar-refractivity contribution in [3.8, 4) is 0 Å². The van der Waals surface area contributed by atoms with Gasteiger partial charge in [0.1, 0.15) is 5.82 Å². The van der Waals surface area contributed by atoms with Gasteiger partial charge in [0.2, 0.25) is 0 Å². The first kappa shape index (κ1) is 11.3.